The lowest BCUT2D eigenvalue weighted by Gasteiger charge is -2.16. The van der Waals surface area contributed by atoms with Gasteiger partial charge in [0.2, 0.25) is 0 Å². The molecule has 4 aromatic rings. The summed E-state index contributed by atoms with van der Waals surface area (Å²) in [6.45, 7) is 2.66. The fraction of sp³-hybridized carbons (Fsp3) is 0.304. The minimum Gasteiger partial charge on any atom is -0.508 e. The van der Waals surface area contributed by atoms with Crippen LogP contribution >= 0.6 is 0 Å². The number of phenols is 1. The zero-order chi connectivity index (χ0) is 21.5. The second-order valence-electron chi connectivity index (χ2n) is 8.05. The van der Waals surface area contributed by atoms with Crippen LogP contribution in [0.3, 0.4) is 0 Å². The minimum absolute atomic E-state index is 0.0305. The summed E-state index contributed by atoms with van der Waals surface area (Å²) >= 11 is 0. The van der Waals surface area contributed by atoms with E-state index in [1.165, 1.54) is 0 Å². The Morgan fingerprint density at radius 2 is 2.10 bits per heavy atom. The van der Waals surface area contributed by atoms with Crippen LogP contribution in [0.1, 0.15) is 34.7 Å². The number of hydrogen-bond acceptors (Lipinski definition) is 5. The lowest BCUT2D eigenvalue weighted by molar-refractivity contribution is 0.0934. The minimum atomic E-state index is -0.108. The lowest BCUT2D eigenvalue weighted by atomic mass is 10.1. The lowest BCUT2D eigenvalue weighted by Crippen LogP contribution is -2.35. The first-order chi connectivity index (χ1) is 15.0. The second-order valence-corrected chi connectivity index (χ2v) is 8.05. The van der Waals surface area contributed by atoms with Crippen molar-refractivity contribution in [1.29, 1.82) is 0 Å². The van der Waals surface area contributed by atoms with Crippen LogP contribution in [0.15, 0.2) is 42.7 Å². The van der Waals surface area contributed by atoms with Crippen LogP contribution in [0, 0.1) is 6.92 Å². The van der Waals surface area contributed by atoms with E-state index < -0.39 is 0 Å². The molecule has 1 aliphatic heterocycles. The van der Waals surface area contributed by atoms with Crippen LogP contribution in [0.5, 0.6) is 5.75 Å². The standard InChI is InChI=1S/C23H24N6O2/c1-14-21(18-12-17(30)6-7-19(18)28(14)2)23(31)25-16-5-8-20-26-27-22(29(20)11-9-16)15-4-3-10-24-13-15/h3-4,6-7,10,12-13,16,30H,5,8-9,11H2,1-2H3,(H,25,31). The monoisotopic (exact) mass is 416 g/mol. The normalized spacial score (nSPS) is 16.1. The fourth-order valence-electron chi connectivity index (χ4n) is 4.44. The highest BCUT2D eigenvalue weighted by Gasteiger charge is 2.25. The van der Waals surface area contributed by atoms with Crippen LogP contribution in [-0.2, 0) is 20.0 Å². The van der Waals surface area contributed by atoms with Crippen LogP contribution in [0.2, 0.25) is 0 Å². The fourth-order valence-corrected chi connectivity index (χ4v) is 4.44. The Kier molecular flexibility index (Phi) is 4.69. The Morgan fingerprint density at radius 3 is 2.90 bits per heavy atom. The van der Waals surface area contributed by atoms with Crippen LogP contribution in [0.25, 0.3) is 22.3 Å². The maximum absolute atomic E-state index is 13.2. The molecule has 8 nitrogen and oxygen atoms in total. The van der Waals surface area contributed by atoms with Gasteiger partial charge >= 0.3 is 0 Å². The highest BCUT2D eigenvalue weighted by Crippen LogP contribution is 2.29. The van der Waals surface area contributed by atoms with Crippen LogP contribution in [-0.4, -0.2) is 41.4 Å². The Hall–Kier alpha value is -3.68. The van der Waals surface area contributed by atoms with Crippen LogP contribution < -0.4 is 5.32 Å². The molecule has 158 valence electrons. The van der Waals surface area contributed by atoms with Gasteiger partial charge in [-0.25, -0.2) is 0 Å². The van der Waals surface area contributed by atoms with Gasteiger partial charge in [-0.2, -0.15) is 0 Å². The molecule has 0 spiro atoms. The van der Waals surface area contributed by atoms with Crippen molar-refractivity contribution in [2.24, 2.45) is 7.05 Å². The van der Waals surface area contributed by atoms with E-state index in [0.29, 0.717) is 5.56 Å². The van der Waals surface area contributed by atoms with E-state index in [9.17, 15) is 9.90 Å². The molecule has 0 saturated heterocycles. The summed E-state index contributed by atoms with van der Waals surface area (Å²) in [6.07, 6.45) is 5.86. The van der Waals surface area contributed by atoms with E-state index >= 15 is 0 Å². The number of carbonyl (C=O) groups excluding carboxylic acids is 1. The highest BCUT2D eigenvalue weighted by molar-refractivity contribution is 6.08. The average Bonchev–Trinajstić information content (AvgIpc) is 3.21. The first kappa shape index (κ1) is 19.3. The van der Waals surface area contributed by atoms with Crippen molar-refractivity contribution in [3.63, 3.8) is 0 Å². The molecule has 1 unspecified atom stereocenters. The number of pyridine rings is 1. The number of amides is 1. The van der Waals surface area contributed by atoms with Gasteiger partial charge in [-0.15, -0.1) is 10.2 Å². The number of benzene rings is 1. The Labute approximate surface area is 179 Å². The van der Waals surface area contributed by atoms with E-state index in [4.69, 9.17) is 0 Å². The number of hydrogen-bond donors (Lipinski definition) is 2. The van der Waals surface area contributed by atoms with Crippen molar-refractivity contribution in [2.45, 2.75) is 38.8 Å². The van der Waals surface area contributed by atoms with E-state index in [0.717, 1.165) is 59.6 Å². The van der Waals surface area contributed by atoms with Crippen molar-refractivity contribution in [1.82, 2.24) is 29.6 Å². The molecule has 5 rings (SSSR count). The molecular formula is C23H24N6O2. The molecule has 2 N–H and O–H groups in total. The van der Waals surface area contributed by atoms with Gasteiger partial charge in [-0.1, -0.05) is 0 Å². The number of carbonyl (C=O) groups is 1. The van der Waals surface area contributed by atoms with Gasteiger partial charge in [0.25, 0.3) is 5.91 Å². The van der Waals surface area contributed by atoms with Gasteiger partial charge in [-0.3, -0.25) is 9.78 Å². The molecule has 0 aliphatic carbocycles. The summed E-state index contributed by atoms with van der Waals surface area (Å²) in [5.41, 5.74) is 3.36. The predicted molar refractivity (Wildman–Crippen MR) is 117 cm³/mol. The molecule has 1 amide bonds. The molecule has 0 saturated carbocycles. The Morgan fingerprint density at radius 1 is 1.23 bits per heavy atom. The average molecular weight is 416 g/mol. The number of aromatic nitrogens is 5. The van der Waals surface area contributed by atoms with Crippen molar-refractivity contribution in [3.05, 3.63) is 59.8 Å². The Balaban J connectivity index is 1.37. The molecule has 0 bridgehead atoms. The Bertz CT molecular complexity index is 1270. The largest absolute Gasteiger partial charge is 0.508 e. The number of aromatic hydroxyl groups is 1. The third-order valence-corrected chi connectivity index (χ3v) is 6.20. The summed E-state index contributed by atoms with van der Waals surface area (Å²) in [7, 11) is 1.93. The van der Waals surface area contributed by atoms with Gasteiger partial charge in [0, 0.05) is 60.6 Å². The number of fused-ring (bicyclic) bond motifs is 2. The van der Waals surface area contributed by atoms with Crippen molar-refractivity contribution < 1.29 is 9.90 Å². The number of rotatable bonds is 3. The van der Waals surface area contributed by atoms with Gasteiger partial charge in [0.15, 0.2) is 5.82 Å². The van der Waals surface area contributed by atoms with E-state index in [1.807, 2.05) is 36.7 Å². The maximum atomic E-state index is 13.2. The molecule has 31 heavy (non-hydrogen) atoms. The van der Waals surface area contributed by atoms with Gasteiger partial charge < -0.3 is 19.6 Å². The number of nitrogens with one attached hydrogen (secondary N) is 1. The zero-order valence-electron chi connectivity index (χ0n) is 17.5. The van der Waals surface area contributed by atoms with E-state index in [1.54, 1.807) is 24.5 Å². The summed E-state index contributed by atoms with van der Waals surface area (Å²) < 4.78 is 4.11. The maximum Gasteiger partial charge on any atom is 0.253 e. The quantitative estimate of drug-likeness (QED) is 0.535. The third kappa shape index (κ3) is 3.34. The smallest absolute Gasteiger partial charge is 0.253 e. The van der Waals surface area contributed by atoms with Crippen molar-refractivity contribution >= 4 is 16.8 Å². The second kappa shape index (κ2) is 7.54. The SMILES string of the molecule is Cc1c(C(=O)NC2CCc3nnc(-c4cccnc4)n3CC2)c2cc(O)ccc2n1C. The number of nitrogens with zero attached hydrogens (tertiary/aromatic N) is 5. The van der Waals surface area contributed by atoms with Gasteiger partial charge in [0.1, 0.15) is 11.6 Å². The molecule has 1 aliphatic rings. The number of phenolic OH excluding ortho intramolecular Hbond substituents is 1. The summed E-state index contributed by atoms with van der Waals surface area (Å²) in [5.74, 6) is 1.80. The van der Waals surface area contributed by atoms with Crippen molar-refractivity contribution in [3.8, 4) is 17.1 Å². The first-order valence-electron chi connectivity index (χ1n) is 10.4. The van der Waals surface area contributed by atoms with Crippen LogP contribution in [0.4, 0.5) is 0 Å². The predicted octanol–water partition coefficient (Wildman–Crippen LogP) is 2.98. The molecule has 1 aromatic carbocycles. The van der Waals surface area contributed by atoms with E-state index in [2.05, 4.69) is 25.1 Å². The number of aryl methyl sites for hydroxylation is 2. The summed E-state index contributed by atoms with van der Waals surface area (Å²) in [5, 5.41) is 22.6. The molecule has 3 aromatic heterocycles. The topological polar surface area (TPSA) is 97.9 Å². The molecule has 1 atom stereocenters. The third-order valence-electron chi connectivity index (χ3n) is 6.20. The van der Waals surface area contributed by atoms with Crippen molar-refractivity contribution in [2.75, 3.05) is 0 Å². The highest BCUT2D eigenvalue weighted by atomic mass is 16.3. The summed E-state index contributed by atoms with van der Waals surface area (Å²) in [4.78, 5) is 17.4. The summed E-state index contributed by atoms with van der Waals surface area (Å²) in [6, 6.07) is 9.04. The molecule has 0 fully saturated rings. The first-order valence-corrected chi connectivity index (χ1v) is 10.4. The molecule has 4 heterocycles. The van der Waals surface area contributed by atoms with Gasteiger partial charge in [-0.05, 0) is 50.1 Å². The molecule has 0 radical (unpaired) electrons. The van der Waals surface area contributed by atoms with E-state index in [-0.39, 0.29) is 17.7 Å². The molecular weight excluding hydrogens is 392 g/mol. The zero-order valence-corrected chi connectivity index (χ0v) is 17.5. The molecule has 8 heteroatoms. The van der Waals surface area contributed by atoms with Gasteiger partial charge in [0.05, 0.1) is 5.56 Å².